The monoisotopic (exact) mass is 455 g/mol. The van der Waals surface area contributed by atoms with Gasteiger partial charge < -0.3 is 9.73 Å². The predicted octanol–water partition coefficient (Wildman–Crippen LogP) is 3.78. The number of rotatable bonds is 4. The molecule has 0 fully saturated rings. The van der Waals surface area contributed by atoms with Crippen molar-refractivity contribution in [1.29, 1.82) is 0 Å². The maximum absolute atomic E-state index is 13.5. The first-order chi connectivity index (χ1) is 16.0. The zero-order valence-corrected chi connectivity index (χ0v) is 18.9. The highest BCUT2D eigenvalue weighted by Crippen LogP contribution is 2.31. The number of hydrogen-bond donors (Lipinski definition) is 1. The van der Waals surface area contributed by atoms with Gasteiger partial charge in [-0.25, -0.2) is 4.99 Å². The summed E-state index contributed by atoms with van der Waals surface area (Å²) < 4.78 is 8.03. The van der Waals surface area contributed by atoms with Gasteiger partial charge in [0.05, 0.1) is 15.8 Å². The largest absolute Gasteiger partial charge is 0.464 e. The van der Waals surface area contributed by atoms with Crippen LogP contribution < -0.4 is 20.2 Å². The number of allylic oxidation sites excluding steroid dienone is 1. The molecular formula is C26H21N3O3S. The van der Waals surface area contributed by atoms with Crippen LogP contribution in [0.3, 0.4) is 0 Å². The molecule has 0 saturated carbocycles. The van der Waals surface area contributed by atoms with E-state index in [1.165, 1.54) is 11.3 Å². The molecule has 2 aromatic heterocycles. The zero-order valence-electron chi connectivity index (χ0n) is 18.1. The first-order valence-corrected chi connectivity index (χ1v) is 11.3. The van der Waals surface area contributed by atoms with Crippen LogP contribution in [0.4, 0.5) is 5.69 Å². The number of amides is 1. The number of carbonyl (C=O) groups is 1. The Morgan fingerprint density at radius 1 is 1.03 bits per heavy atom. The van der Waals surface area contributed by atoms with Gasteiger partial charge in [-0.3, -0.25) is 14.2 Å². The van der Waals surface area contributed by atoms with Crippen molar-refractivity contribution < 1.29 is 9.21 Å². The van der Waals surface area contributed by atoms with Crippen molar-refractivity contribution >= 4 is 29.0 Å². The first-order valence-electron chi connectivity index (χ1n) is 10.5. The molecule has 4 aromatic rings. The molecule has 3 heterocycles. The Balaban J connectivity index is 1.67. The van der Waals surface area contributed by atoms with Gasteiger partial charge >= 0.3 is 0 Å². The fraction of sp³-hybridized carbons (Fsp3) is 0.115. The first kappa shape index (κ1) is 20.9. The smallest absolute Gasteiger partial charge is 0.271 e. The minimum atomic E-state index is -0.711. The number of nitrogens with one attached hydrogen (secondary N) is 1. The molecule has 164 valence electrons. The van der Waals surface area contributed by atoms with Gasteiger partial charge in [0.1, 0.15) is 17.6 Å². The lowest BCUT2D eigenvalue weighted by Gasteiger charge is -2.23. The van der Waals surface area contributed by atoms with Gasteiger partial charge in [-0.2, -0.15) is 0 Å². The van der Waals surface area contributed by atoms with Gasteiger partial charge in [0.25, 0.3) is 11.5 Å². The summed E-state index contributed by atoms with van der Waals surface area (Å²) in [6.45, 7) is 3.62. The molecule has 1 unspecified atom stereocenters. The van der Waals surface area contributed by atoms with Crippen LogP contribution in [0.25, 0.3) is 6.08 Å². The Bertz CT molecular complexity index is 1540. The van der Waals surface area contributed by atoms with E-state index in [0.717, 1.165) is 5.56 Å². The third-order valence-corrected chi connectivity index (χ3v) is 6.41. The summed E-state index contributed by atoms with van der Waals surface area (Å²) in [7, 11) is 0. The molecule has 1 aliphatic heterocycles. The Kier molecular flexibility index (Phi) is 5.40. The standard InChI is InChI=1S/C26H21N3O3S/c1-16-13-14-20(32-16)23-22(24(30)28-19-11-7-4-8-12-19)17(2)27-26-29(23)25(31)21(33-26)15-18-9-5-3-6-10-18/h3-15,23H,1-2H3,(H,28,30)/b21-15-. The number of aryl methyl sites for hydroxylation is 1. The second-order valence-electron chi connectivity index (χ2n) is 7.76. The summed E-state index contributed by atoms with van der Waals surface area (Å²) in [5.74, 6) is 0.903. The van der Waals surface area contributed by atoms with E-state index in [0.29, 0.717) is 37.8 Å². The molecule has 5 rings (SSSR count). The summed E-state index contributed by atoms with van der Waals surface area (Å²) in [6, 6.07) is 21.8. The molecule has 1 aliphatic rings. The number of benzene rings is 2. The molecule has 1 amide bonds. The van der Waals surface area contributed by atoms with E-state index in [1.807, 2.05) is 85.8 Å². The summed E-state index contributed by atoms with van der Waals surface area (Å²) in [4.78, 5) is 32.1. The maximum Gasteiger partial charge on any atom is 0.271 e. The molecule has 6 nitrogen and oxygen atoms in total. The van der Waals surface area contributed by atoms with Crippen molar-refractivity contribution in [2.45, 2.75) is 19.9 Å². The summed E-state index contributed by atoms with van der Waals surface area (Å²) in [5, 5.41) is 2.93. The fourth-order valence-electron chi connectivity index (χ4n) is 3.90. The Morgan fingerprint density at radius 3 is 2.39 bits per heavy atom. The lowest BCUT2D eigenvalue weighted by Crippen LogP contribution is -2.40. The van der Waals surface area contributed by atoms with Gasteiger partial charge in [0.15, 0.2) is 4.80 Å². The molecule has 7 heteroatoms. The number of furan rings is 1. The van der Waals surface area contributed by atoms with Crippen molar-refractivity contribution in [3.8, 4) is 0 Å². The number of anilines is 1. The maximum atomic E-state index is 13.5. The molecular weight excluding hydrogens is 434 g/mol. The van der Waals surface area contributed by atoms with Crippen LogP contribution in [0.1, 0.15) is 30.0 Å². The van der Waals surface area contributed by atoms with Gasteiger partial charge in [0.2, 0.25) is 0 Å². The van der Waals surface area contributed by atoms with Crippen molar-refractivity contribution in [2.75, 3.05) is 5.32 Å². The second-order valence-corrected chi connectivity index (χ2v) is 8.77. The van der Waals surface area contributed by atoms with Crippen LogP contribution in [0.2, 0.25) is 0 Å². The zero-order chi connectivity index (χ0) is 22.9. The van der Waals surface area contributed by atoms with Gasteiger partial charge in [-0.1, -0.05) is 59.9 Å². The minimum Gasteiger partial charge on any atom is -0.464 e. The fourth-order valence-corrected chi connectivity index (χ4v) is 4.95. The van der Waals surface area contributed by atoms with Crippen LogP contribution in [0, 0.1) is 6.92 Å². The summed E-state index contributed by atoms with van der Waals surface area (Å²) in [5.41, 5.74) is 2.31. The van der Waals surface area contributed by atoms with Crippen molar-refractivity contribution in [3.63, 3.8) is 0 Å². The number of fused-ring (bicyclic) bond motifs is 1. The number of hydrogen-bond acceptors (Lipinski definition) is 5. The van der Waals surface area contributed by atoms with Crippen LogP contribution in [-0.4, -0.2) is 10.5 Å². The molecule has 1 N–H and O–H groups in total. The highest BCUT2D eigenvalue weighted by molar-refractivity contribution is 7.07. The molecule has 0 bridgehead atoms. The highest BCUT2D eigenvalue weighted by atomic mass is 32.1. The van der Waals surface area contributed by atoms with Gasteiger partial charge in [-0.05, 0) is 49.8 Å². The minimum absolute atomic E-state index is 0.209. The van der Waals surface area contributed by atoms with E-state index >= 15 is 0 Å². The normalized spacial score (nSPS) is 15.8. The lowest BCUT2D eigenvalue weighted by molar-refractivity contribution is -0.113. The molecule has 1 atom stereocenters. The van der Waals surface area contributed by atoms with Gasteiger partial charge in [-0.15, -0.1) is 0 Å². The van der Waals surface area contributed by atoms with Gasteiger partial charge in [0, 0.05) is 5.69 Å². The number of aromatic nitrogens is 1. The highest BCUT2D eigenvalue weighted by Gasteiger charge is 2.34. The lowest BCUT2D eigenvalue weighted by atomic mass is 10.00. The molecule has 33 heavy (non-hydrogen) atoms. The Hall–Kier alpha value is -3.97. The predicted molar refractivity (Wildman–Crippen MR) is 129 cm³/mol. The SMILES string of the molecule is CC1=C(C(=O)Nc2ccccc2)C(c2ccc(C)o2)n2c(s/c(=C\c3ccccc3)c2=O)=N1. The third-order valence-electron chi connectivity index (χ3n) is 5.43. The average molecular weight is 456 g/mol. The molecule has 0 spiro atoms. The van der Waals surface area contributed by atoms with E-state index in [4.69, 9.17) is 4.42 Å². The van der Waals surface area contributed by atoms with Crippen LogP contribution >= 0.6 is 11.3 Å². The van der Waals surface area contributed by atoms with Crippen molar-refractivity contribution in [3.05, 3.63) is 121 Å². The number of nitrogens with zero attached hydrogens (tertiary/aromatic N) is 2. The number of carbonyl (C=O) groups excluding carboxylic acids is 1. The Labute approximate surface area is 193 Å². The molecule has 0 aliphatic carbocycles. The van der Waals surface area contributed by atoms with Crippen LogP contribution in [-0.2, 0) is 4.79 Å². The molecule has 0 saturated heterocycles. The van der Waals surface area contributed by atoms with E-state index in [-0.39, 0.29) is 11.5 Å². The van der Waals surface area contributed by atoms with E-state index in [2.05, 4.69) is 10.3 Å². The molecule has 2 aromatic carbocycles. The van der Waals surface area contributed by atoms with E-state index < -0.39 is 6.04 Å². The Morgan fingerprint density at radius 2 is 1.73 bits per heavy atom. The number of para-hydroxylation sites is 1. The topological polar surface area (TPSA) is 76.6 Å². The van der Waals surface area contributed by atoms with Crippen LogP contribution in [0.15, 0.2) is 98.3 Å². The quantitative estimate of drug-likeness (QED) is 0.509. The van der Waals surface area contributed by atoms with Crippen molar-refractivity contribution in [1.82, 2.24) is 4.57 Å². The van der Waals surface area contributed by atoms with E-state index in [9.17, 15) is 9.59 Å². The van der Waals surface area contributed by atoms with E-state index in [1.54, 1.807) is 11.5 Å². The summed E-state index contributed by atoms with van der Waals surface area (Å²) in [6.07, 6.45) is 1.84. The van der Waals surface area contributed by atoms with Crippen molar-refractivity contribution in [2.24, 2.45) is 4.99 Å². The van der Waals surface area contributed by atoms with Crippen LogP contribution in [0.5, 0.6) is 0 Å². The average Bonchev–Trinajstić information content (AvgIpc) is 3.37. The number of thiazole rings is 1. The second kappa shape index (κ2) is 8.52. The third kappa shape index (κ3) is 3.99. The summed E-state index contributed by atoms with van der Waals surface area (Å²) >= 11 is 1.30. The molecule has 0 radical (unpaired) electrons.